The number of ketones is 1. The number of thioether (sulfide) groups is 1. The van der Waals surface area contributed by atoms with Gasteiger partial charge in [-0.1, -0.05) is 12.1 Å². The minimum atomic E-state index is -0.496. The molecule has 0 atom stereocenters. The van der Waals surface area contributed by atoms with Crippen LogP contribution in [0.15, 0.2) is 23.1 Å². The summed E-state index contributed by atoms with van der Waals surface area (Å²) in [6.45, 7) is 0. The smallest absolute Gasteiger partial charge is 0.253 e. The van der Waals surface area contributed by atoms with E-state index in [0.717, 1.165) is 10.6 Å². The van der Waals surface area contributed by atoms with Gasteiger partial charge in [-0.3, -0.25) is 9.59 Å². The molecule has 1 aromatic rings. The zero-order valence-corrected chi connectivity index (χ0v) is 8.82. The Morgan fingerprint density at radius 1 is 1.43 bits per heavy atom. The maximum absolute atomic E-state index is 11.5. The summed E-state index contributed by atoms with van der Waals surface area (Å²) < 4.78 is 0. The first-order chi connectivity index (χ1) is 6.70. The van der Waals surface area contributed by atoms with Crippen molar-refractivity contribution in [2.75, 3.05) is 5.75 Å². The number of carbonyl (C=O) groups excluding carboxylic acids is 2. The van der Waals surface area contributed by atoms with E-state index in [9.17, 15) is 9.59 Å². The van der Waals surface area contributed by atoms with Crippen LogP contribution in [0.3, 0.4) is 0 Å². The molecule has 2 rings (SSSR count). The van der Waals surface area contributed by atoms with E-state index in [1.807, 2.05) is 0 Å². The van der Waals surface area contributed by atoms with E-state index in [-0.39, 0.29) is 5.78 Å². The van der Waals surface area contributed by atoms with E-state index < -0.39 is 5.24 Å². The van der Waals surface area contributed by atoms with Crippen LogP contribution >= 0.6 is 23.4 Å². The number of carbonyl (C=O) groups is 2. The highest BCUT2D eigenvalue weighted by atomic mass is 35.5. The minimum absolute atomic E-state index is 0.0958. The van der Waals surface area contributed by atoms with Crippen LogP contribution in [0.2, 0.25) is 0 Å². The molecule has 1 aromatic carbocycles. The molecule has 0 unspecified atom stereocenters. The molecule has 1 heterocycles. The lowest BCUT2D eigenvalue weighted by atomic mass is 10.1. The summed E-state index contributed by atoms with van der Waals surface area (Å²) in [5.74, 6) is 0.825. The molecular weight excluding hydrogens is 220 g/mol. The van der Waals surface area contributed by atoms with Crippen LogP contribution in [0.1, 0.15) is 27.1 Å². The Labute approximate surface area is 90.6 Å². The first-order valence-electron chi connectivity index (χ1n) is 4.19. The molecule has 2 nitrogen and oxygen atoms in total. The van der Waals surface area contributed by atoms with Gasteiger partial charge in [0, 0.05) is 28.2 Å². The summed E-state index contributed by atoms with van der Waals surface area (Å²) in [6, 6.07) is 5.09. The van der Waals surface area contributed by atoms with Gasteiger partial charge >= 0.3 is 0 Å². The van der Waals surface area contributed by atoms with Crippen molar-refractivity contribution in [1.29, 1.82) is 0 Å². The predicted molar refractivity (Wildman–Crippen MR) is 56.3 cm³/mol. The third kappa shape index (κ3) is 1.57. The molecule has 0 N–H and O–H groups in total. The van der Waals surface area contributed by atoms with Crippen molar-refractivity contribution in [3.63, 3.8) is 0 Å². The van der Waals surface area contributed by atoms with Crippen molar-refractivity contribution in [1.82, 2.24) is 0 Å². The van der Waals surface area contributed by atoms with Gasteiger partial charge in [0.1, 0.15) is 0 Å². The Hall–Kier alpha value is -0.800. The molecule has 4 heteroatoms. The van der Waals surface area contributed by atoms with Gasteiger partial charge in [0.05, 0.1) is 0 Å². The Balaban J connectivity index is 2.60. The van der Waals surface area contributed by atoms with E-state index in [0.29, 0.717) is 17.5 Å². The van der Waals surface area contributed by atoms with E-state index in [1.165, 1.54) is 11.8 Å². The summed E-state index contributed by atoms with van der Waals surface area (Å²) in [5, 5.41) is -0.496. The third-order valence-corrected chi connectivity index (χ3v) is 3.44. The van der Waals surface area contributed by atoms with Crippen molar-refractivity contribution >= 4 is 34.4 Å². The van der Waals surface area contributed by atoms with Crippen molar-refractivity contribution in [3.05, 3.63) is 29.3 Å². The van der Waals surface area contributed by atoms with E-state index in [4.69, 9.17) is 11.6 Å². The van der Waals surface area contributed by atoms with Gasteiger partial charge in [0.2, 0.25) is 0 Å². The summed E-state index contributed by atoms with van der Waals surface area (Å²) in [7, 11) is 0. The normalized spacial score (nSPS) is 15.1. The van der Waals surface area contributed by atoms with Crippen LogP contribution in [0.5, 0.6) is 0 Å². The van der Waals surface area contributed by atoms with Gasteiger partial charge in [-0.15, -0.1) is 11.8 Å². The Morgan fingerprint density at radius 2 is 2.21 bits per heavy atom. The highest BCUT2D eigenvalue weighted by Crippen LogP contribution is 2.33. The largest absolute Gasteiger partial charge is 0.294 e. The monoisotopic (exact) mass is 226 g/mol. The Morgan fingerprint density at radius 3 is 2.93 bits per heavy atom. The molecule has 0 spiro atoms. The molecule has 0 saturated carbocycles. The number of fused-ring (bicyclic) bond motifs is 1. The minimum Gasteiger partial charge on any atom is -0.294 e. The maximum atomic E-state index is 11.5. The summed E-state index contributed by atoms with van der Waals surface area (Å²) in [6.07, 6.45) is 0.539. The standard InChI is InChI=1S/C10H7ClO2S/c11-10(13)7-3-1-2-6-8(12)4-5-14-9(6)7/h1-3H,4-5H2. The van der Waals surface area contributed by atoms with Crippen LogP contribution in [0.25, 0.3) is 0 Å². The number of Topliss-reactive ketones (excluding diaryl/α,β-unsaturated/α-hetero) is 1. The van der Waals surface area contributed by atoms with Crippen LogP contribution in [0.4, 0.5) is 0 Å². The molecule has 0 fully saturated rings. The number of benzene rings is 1. The van der Waals surface area contributed by atoms with Gasteiger partial charge in [-0.2, -0.15) is 0 Å². The lowest BCUT2D eigenvalue weighted by Crippen LogP contribution is -2.10. The number of rotatable bonds is 1. The molecular formula is C10H7ClO2S. The maximum Gasteiger partial charge on any atom is 0.253 e. The second-order valence-corrected chi connectivity index (χ2v) is 4.43. The van der Waals surface area contributed by atoms with Crippen LogP contribution in [-0.4, -0.2) is 16.8 Å². The number of halogens is 1. The summed E-state index contributed by atoms with van der Waals surface area (Å²) in [5.41, 5.74) is 1.08. The average Bonchev–Trinajstić information content (AvgIpc) is 2.17. The zero-order chi connectivity index (χ0) is 10.1. The molecule has 14 heavy (non-hydrogen) atoms. The summed E-state index contributed by atoms with van der Waals surface area (Å²) >= 11 is 6.95. The third-order valence-electron chi connectivity index (χ3n) is 2.10. The predicted octanol–water partition coefficient (Wildman–Crippen LogP) is 2.74. The number of hydrogen-bond acceptors (Lipinski definition) is 3. The zero-order valence-electron chi connectivity index (χ0n) is 7.25. The molecule has 0 bridgehead atoms. The van der Waals surface area contributed by atoms with Gasteiger partial charge in [-0.05, 0) is 17.7 Å². The van der Waals surface area contributed by atoms with Gasteiger partial charge in [-0.25, -0.2) is 0 Å². The average molecular weight is 227 g/mol. The van der Waals surface area contributed by atoms with Gasteiger partial charge in [0.25, 0.3) is 5.24 Å². The Bertz CT molecular complexity index is 400. The van der Waals surface area contributed by atoms with Crippen LogP contribution in [0, 0.1) is 0 Å². The number of hydrogen-bond donors (Lipinski definition) is 0. The molecule has 1 aliphatic rings. The first-order valence-corrected chi connectivity index (χ1v) is 5.55. The highest BCUT2D eigenvalue weighted by molar-refractivity contribution is 7.99. The highest BCUT2D eigenvalue weighted by Gasteiger charge is 2.21. The van der Waals surface area contributed by atoms with Crippen LogP contribution < -0.4 is 0 Å². The lowest BCUT2D eigenvalue weighted by Gasteiger charge is -2.15. The van der Waals surface area contributed by atoms with E-state index in [2.05, 4.69) is 0 Å². The molecule has 0 aromatic heterocycles. The van der Waals surface area contributed by atoms with E-state index >= 15 is 0 Å². The molecule has 0 amide bonds. The molecule has 0 saturated heterocycles. The van der Waals surface area contributed by atoms with Crippen molar-refractivity contribution in [2.24, 2.45) is 0 Å². The van der Waals surface area contributed by atoms with Crippen molar-refractivity contribution < 1.29 is 9.59 Å². The van der Waals surface area contributed by atoms with Crippen LogP contribution in [-0.2, 0) is 0 Å². The lowest BCUT2D eigenvalue weighted by molar-refractivity contribution is 0.0984. The molecule has 0 radical (unpaired) electrons. The van der Waals surface area contributed by atoms with Crippen molar-refractivity contribution in [2.45, 2.75) is 11.3 Å². The van der Waals surface area contributed by atoms with Crippen molar-refractivity contribution in [3.8, 4) is 0 Å². The quantitative estimate of drug-likeness (QED) is 0.691. The second kappa shape index (κ2) is 3.75. The van der Waals surface area contributed by atoms with Gasteiger partial charge < -0.3 is 0 Å². The SMILES string of the molecule is O=C(Cl)c1cccc2c1SCCC2=O. The molecule has 1 aliphatic heterocycles. The van der Waals surface area contributed by atoms with Gasteiger partial charge in [0.15, 0.2) is 5.78 Å². The molecule has 72 valence electrons. The fourth-order valence-corrected chi connectivity index (χ4v) is 2.81. The second-order valence-electron chi connectivity index (χ2n) is 2.98. The van der Waals surface area contributed by atoms with E-state index in [1.54, 1.807) is 18.2 Å². The fourth-order valence-electron chi connectivity index (χ4n) is 1.45. The first kappa shape index (κ1) is 9.74. The topological polar surface area (TPSA) is 34.1 Å². The summed E-state index contributed by atoms with van der Waals surface area (Å²) in [4.78, 5) is 23.3. The Kier molecular flexibility index (Phi) is 2.61. The fraction of sp³-hybridized carbons (Fsp3) is 0.200. The molecule has 0 aliphatic carbocycles.